The number of rotatable bonds is 3. The maximum atomic E-state index is 11.2. The monoisotopic (exact) mass is 350 g/mol. The number of aromatic nitrogens is 3. The van der Waals surface area contributed by atoms with Crippen LogP contribution in [0.1, 0.15) is 34.8 Å². The van der Waals surface area contributed by atoms with Crippen LogP contribution in [-0.4, -0.2) is 37.6 Å². The molecule has 0 fully saturated rings. The first-order valence-corrected chi connectivity index (χ1v) is 8.34. The van der Waals surface area contributed by atoms with E-state index in [1.807, 2.05) is 43.3 Å². The van der Waals surface area contributed by atoms with Crippen molar-refractivity contribution in [2.75, 3.05) is 0 Å². The predicted octanol–water partition coefficient (Wildman–Crippen LogP) is 2.36. The molecule has 0 radical (unpaired) electrons. The van der Waals surface area contributed by atoms with Crippen LogP contribution in [0.3, 0.4) is 0 Å². The zero-order valence-corrected chi connectivity index (χ0v) is 14.1. The Kier molecular flexibility index (Phi) is 4.02. The van der Waals surface area contributed by atoms with Crippen molar-refractivity contribution in [3.63, 3.8) is 0 Å². The third-order valence-corrected chi connectivity index (χ3v) is 4.65. The van der Waals surface area contributed by atoms with Crippen molar-refractivity contribution < 1.29 is 15.0 Å². The molecule has 0 spiro atoms. The van der Waals surface area contributed by atoms with Crippen molar-refractivity contribution in [3.05, 3.63) is 59.3 Å². The first-order chi connectivity index (χ1) is 12.5. The summed E-state index contributed by atoms with van der Waals surface area (Å²) in [5, 5.41) is 32.4. The largest absolute Gasteiger partial charge is 0.476 e. The summed E-state index contributed by atoms with van der Waals surface area (Å²) in [5.74, 6) is -1.12. The van der Waals surface area contributed by atoms with Crippen molar-refractivity contribution in [2.45, 2.75) is 25.6 Å². The van der Waals surface area contributed by atoms with Gasteiger partial charge in [0.2, 0.25) is 0 Å². The summed E-state index contributed by atoms with van der Waals surface area (Å²) < 4.78 is 0. The first-order valence-electron chi connectivity index (χ1n) is 8.34. The van der Waals surface area contributed by atoms with Gasteiger partial charge in [-0.1, -0.05) is 42.5 Å². The molecule has 2 aromatic carbocycles. The van der Waals surface area contributed by atoms with Crippen molar-refractivity contribution in [1.29, 1.82) is 0 Å². The molecule has 0 aliphatic carbocycles. The molecule has 2 heterocycles. The molecule has 1 aliphatic heterocycles. The number of benzene rings is 2. The fraction of sp³-hybridized carbons (Fsp3) is 0.211. The van der Waals surface area contributed by atoms with Crippen LogP contribution < -0.4 is 5.32 Å². The number of hydrogen-bond donors (Lipinski definition) is 4. The minimum atomic E-state index is -1.12. The summed E-state index contributed by atoms with van der Waals surface area (Å²) in [6, 6.07) is 13.8. The number of nitrogens with one attached hydrogen (secondary N) is 2. The van der Waals surface area contributed by atoms with Crippen LogP contribution in [0.15, 0.2) is 42.5 Å². The molecule has 3 aromatic rings. The Labute approximate surface area is 149 Å². The quantitative estimate of drug-likeness (QED) is 0.577. The van der Waals surface area contributed by atoms with Crippen LogP contribution in [-0.2, 0) is 6.42 Å². The van der Waals surface area contributed by atoms with Gasteiger partial charge in [-0.05, 0) is 35.6 Å². The van der Waals surface area contributed by atoms with Crippen LogP contribution in [0.4, 0.5) is 0 Å². The van der Waals surface area contributed by atoms with Gasteiger partial charge in [-0.15, -0.1) is 5.10 Å². The molecule has 0 saturated carbocycles. The number of carbonyl (C=O) groups is 1. The molecule has 2 unspecified atom stereocenters. The van der Waals surface area contributed by atoms with Gasteiger partial charge in [0.25, 0.3) is 0 Å². The second-order valence-corrected chi connectivity index (χ2v) is 6.49. The summed E-state index contributed by atoms with van der Waals surface area (Å²) in [6.45, 7) is 2.05. The Morgan fingerprint density at radius 3 is 2.50 bits per heavy atom. The van der Waals surface area contributed by atoms with E-state index in [0.29, 0.717) is 11.3 Å². The molecule has 0 saturated heterocycles. The highest BCUT2D eigenvalue weighted by atomic mass is 16.4. The van der Waals surface area contributed by atoms with E-state index < -0.39 is 12.2 Å². The summed E-state index contributed by atoms with van der Waals surface area (Å²) in [5.41, 5.74) is 5.02. The maximum absolute atomic E-state index is 11.2. The lowest BCUT2D eigenvalue weighted by Gasteiger charge is -2.28. The molecule has 1 aromatic heterocycles. The number of aliphatic hydroxyl groups excluding tert-OH is 1. The number of fused-ring (bicyclic) bond motifs is 1. The summed E-state index contributed by atoms with van der Waals surface area (Å²) in [7, 11) is 0. The van der Waals surface area contributed by atoms with E-state index in [1.165, 1.54) is 0 Å². The number of H-pyrrole nitrogens is 1. The van der Waals surface area contributed by atoms with Gasteiger partial charge < -0.3 is 10.2 Å². The smallest absolute Gasteiger partial charge is 0.358 e. The summed E-state index contributed by atoms with van der Waals surface area (Å²) in [6.07, 6.45) is 0.228. The lowest BCUT2D eigenvalue weighted by atomic mass is 9.91. The fourth-order valence-electron chi connectivity index (χ4n) is 3.38. The van der Waals surface area contributed by atoms with Gasteiger partial charge in [0.1, 0.15) is 11.9 Å². The maximum Gasteiger partial charge on any atom is 0.358 e. The van der Waals surface area contributed by atoms with E-state index in [4.69, 9.17) is 5.11 Å². The average molecular weight is 350 g/mol. The normalized spacial score (nSPS) is 19.2. The summed E-state index contributed by atoms with van der Waals surface area (Å²) in [4.78, 5) is 11.2. The SMILES string of the molecule is CC1Cc2cc(-c3ccc(-c4n[nH]nc4C(=O)O)cc3)ccc2C(O)N1. The zero-order chi connectivity index (χ0) is 18.3. The lowest BCUT2D eigenvalue weighted by molar-refractivity contribution is 0.0691. The highest BCUT2D eigenvalue weighted by Crippen LogP contribution is 2.30. The second-order valence-electron chi connectivity index (χ2n) is 6.49. The highest BCUT2D eigenvalue weighted by molar-refractivity contribution is 5.92. The number of aromatic amines is 1. The molecular weight excluding hydrogens is 332 g/mol. The molecule has 1 aliphatic rings. The van der Waals surface area contributed by atoms with Crippen LogP contribution >= 0.6 is 0 Å². The van der Waals surface area contributed by atoms with Gasteiger partial charge >= 0.3 is 5.97 Å². The van der Waals surface area contributed by atoms with Gasteiger partial charge in [0.15, 0.2) is 5.69 Å². The molecule has 132 valence electrons. The molecule has 4 N–H and O–H groups in total. The zero-order valence-electron chi connectivity index (χ0n) is 14.1. The molecular formula is C19H18N4O3. The Balaban J connectivity index is 1.66. The summed E-state index contributed by atoms with van der Waals surface area (Å²) >= 11 is 0. The molecule has 7 nitrogen and oxygen atoms in total. The topological polar surface area (TPSA) is 111 Å². The van der Waals surface area contributed by atoms with Crippen molar-refractivity contribution in [1.82, 2.24) is 20.7 Å². The van der Waals surface area contributed by atoms with Crippen LogP contribution in [0.5, 0.6) is 0 Å². The van der Waals surface area contributed by atoms with Gasteiger partial charge in [0.05, 0.1) is 0 Å². The third kappa shape index (κ3) is 2.87. The number of nitrogens with zero attached hydrogens (tertiary/aromatic N) is 2. The van der Waals surface area contributed by atoms with E-state index >= 15 is 0 Å². The van der Waals surface area contributed by atoms with E-state index in [9.17, 15) is 9.90 Å². The minimum Gasteiger partial charge on any atom is -0.476 e. The second kappa shape index (κ2) is 6.36. The Hall–Kier alpha value is -3.03. The lowest BCUT2D eigenvalue weighted by Crippen LogP contribution is -2.37. The number of hydrogen-bond acceptors (Lipinski definition) is 5. The van der Waals surface area contributed by atoms with Crippen molar-refractivity contribution >= 4 is 5.97 Å². The third-order valence-electron chi connectivity index (χ3n) is 4.65. The van der Waals surface area contributed by atoms with Crippen LogP contribution in [0.25, 0.3) is 22.4 Å². The molecule has 4 rings (SSSR count). The minimum absolute atomic E-state index is 0.0954. The number of carboxylic acids is 1. The highest BCUT2D eigenvalue weighted by Gasteiger charge is 2.22. The predicted molar refractivity (Wildman–Crippen MR) is 95.5 cm³/mol. The van der Waals surface area contributed by atoms with E-state index in [-0.39, 0.29) is 11.7 Å². The molecule has 0 amide bonds. The Bertz CT molecular complexity index is 965. The van der Waals surface area contributed by atoms with E-state index in [0.717, 1.165) is 28.7 Å². The van der Waals surface area contributed by atoms with Crippen molar-refractivity contribution in [2.24, 2.45) is 0 Å². The first kappa shape index (κ1) is 16.4. The van der Waals surface area contributed by atoms with Gasteiger partial charge in [-0.25, -0.2) is 4.79 Å². The van der Waals surface area contributed by atoms with Gasteiger partial charge in [-0.3, -0.25) is 5.32 Å². The van der Waals surface area contributed by atoms with Crippen molar-refractivity contribution in [3.8, 4) is 22.4 Å². The standard InChI is InChI=1S/C19H18N4O3/c1-10-8-14-9-13(6-7-15(14)18(24)20-10)11-2-4-12(5-3-11)16-17(19(25)26)22-23-21-16/h2-7,9-10,18,20,24H,8H2,1H3,(H,25,26)(H,21,22,23). The molecule has 0 bridgehead atoms. The van der Waals surface area contributed by atoms with E-state index in [2.05, 4.69) is 26.8 Å². The fourth-order valence-corrected chi connectivity index (χ4v) is 3.38. The van der Waals surface area contributed by atoms with Gasteiger partial charge in [-0.2, -0.15) is 10.3 Å². The van der Waals surface area contributed by atoms with E-state index in [1.54, 1.807) is 0 Å². The van der Waals surface area contributed by atoms with Gasteiger partial charge in [0, 0.05) is 11.6 Å². The molecule has 7 heteroatoms. The Morgan fingerprint density at radius 2 is 1.77 bits per heavy atom. The van der Waals surface area contributed by atoms with Crippen LogP contribution in [0, 0.1) is 0 Å². The average Bonchev–Trinajstić information content (AvgIpc) is 3.11. The Morgan fingerprint density at radius 1 is 1.08 bits per heavy atom. The number of aliphatic hydroxyl groups is 1. The molecule has 2 atom stereocenters. The molecule has 26 heavy (non-hydrogen) atoms. The number of carboxylic acid groups (broad SMARTS) is 1. The number of aromatic carboxylic acids is 1. The van der Waals surface area contributed by atoms with Crippen LogP contribution in [0.2, 0.25) is 0 Å².